The molecule has 0 aliphatic heterocycles. The van der Waals surface area contributed by atoms with Crippen molar-refractivity contribution in [1.82, 2.24) is 0 Å². The molecular formula is C15H26N2. The van der Waals surface area contributed by atoms with E-state index in [-0.39, 0.29) is 0 Å². The molecule has 0 amide bonds. The van der Waals surface area contributed by atoms with Gasteiger partial charge in [0.15, 0.2) is 0 Å². The van der Waals surface area contributed by atoms with Gasteiger partial charge in [-0.3, -0.25) is 0 Å². The van der Waals surface area contributed by atoms with Gasteiger partial charge in [0, 0.05) is 24.8 Å². The van der Waals surface area contributed by atoms with Crippen molar-refractivity contribution in [3.8, 4) is 0 Å². The first kappa shape index (κ1) is 14.0. The third-order valence-electron chi connectivity index (χ3n) is 3.06. The van der Waals surface area contributed by atoms with Crippen LogP contribution >= 0.6 is 0 Å². The Morgan fingerprint density at radius 3 is 2.24 bits per heavy atom. The van der Waals surface area contributed by atoms with Crippen molar-refractivity contribution in [2.45, 2.75) is 47.2 Å². The lowest BCUT2D eigenvalue weighted by atomic mass is 10.1. The number of rotatable bonds is 5. The van der Waals surface area contributed by atoms with Crippen molar-refractivity contribution in [1.29, 1.82) is 0 Å². The van der Waals surface area contributed by atoms with E-state index in [9.17, 15) is 0 Å². The molecule has 1 rings (SSSR count). The first-order chi connectivity index (χ1) is 7.95. The van der Waals surface area contributed by atoms with Gasteiger partial charge in [0.1, 0.15) is 0 Å². The number of hydrogen-bond acceptors (Lipinski definition) is 2. The molecule has 0 aromatic heterocycles. The van der Waals surface area contributed by atoms with Crippen molar-refractivity contribution < 1.29 is 0 Å². The van der Waals surface area contributed by atoms with Gasteiger partial charge >= 0.3 is 0 Å². The maximum absolute atomic E-state index is 5.70. The highest BCUT2D eigenvalue weighted by molar-refractivity contribution is 5.51. The minimum absolute atomic E-state index is 0.528. The zero-order chi connectivity index (χ0) is 13.0. The summed E-state index contributed by atoms with van der Waals surface area (Å²) >= 11 is 0. The minimum Gasteiger partial charge on any atom is -0.369 e. The van der Waals surface area contributed by atoms with Gasteiger partial charge in [0.05, 0.1) is 0 Å². The molecule has 0 bridgehead atoms. The Kier molecular flexibility index (Phi) is 5.01. The molecule has 2 nitrogen and oxygen atoms in total. The second kappa shape index (κ2) is 6.06. The smallest absolute Gasteiger partial charge is 0.0371 e. The lowest BCUT2D eigenvalue weighted by Crippen LogP contribution is -2.34. The summed E-state index contributed by atoms with van der Waals surface area (Å²) in [4.78, 5) is 2.46. The Bertz CT molecular complexity index is 356. The summed E-state index contributed by atoms with van der Waals surface area (Å²) in [6.07, 6.45) is 0. The van der Waals surface area contributed by atoms with Gasteiger partial charge in [-0.15, -0.1) is 0 Å². The number of nitrogens with two attached hydrogens (primary N) is 1. The molecule has 0 aliphatic carbocycles. The standard InChI is InChI=1S/C15H26N2/c1-11(2)10-17(12(3)4)15-7-6-14(9-16)13(5)8-15/h6-8,11-12H,9-10,16H2,1-5H3. The third kappa shape index (κ3) is 3.74. The first-order valence-electron chi connectivity index (χ1n) is 6.52. The summed E-state index contributed by atoms with van der Waals surface area (Å²) < 4.78 is 0. The Labute approximate surface area is 106 Å². The van der Waals surface area contributed by atoms with Crippen LogP contribution in [0.4, 0.5) is 5.69 Å². The zero-order valence-electron chi connectivity index (χ0n) is 11.8. The lowest BCUT2D eigenvalue weighted by Gasteiger charge is -2.31. The molecular weight excluding hydrogens is 208 g/mol. The van der Waals surface area contributed by atoms with Gasteiger partial charge in [0.25, 0.3) is 0 Å². The normalized spacial score (nSPS) is 11.3. The molecule has 0 unspecified atom stereocenters. The Hall–Kier alpha value is -1.02. The number of aryl methyl sites for hydroxylation is 1. The highest BCUT2D eigenvalue weighted by atomic mass is 15.2. The molecule has 0 heterocycles. The molecule has 0 atom stereocenters. The summed E-state index contributed by atoms with van der Waals surface area (Å²) in [5, 5.41) is 0. The summed E-state index contributed by atoms with van der Waals surface area (Å²) in [5.74, 6) is 0.673. The fourth-order valence-corrected chi connectivity index (χ4v) is 2.10. The van der Waals surface area contributed by atoms with Gasteiger partial charge in [0.2, 0.25) is 0 Å². The van der Waals surface area contributed by atoms with E-state index in [0.717, 1.165) is 6.54 Å². The molecule has 0 radical (unpaired) electrons. The second-order valence-corrected chi connectivity index (χ2v) is 5.45. The van der Waals surface area contributed by atoms with E-state index in [4.69, 9.17) is 5.73 Å². The van der Waals surface area contributed by atoms with E-state index >= 15 is 0 Å². The van der Waals surface area contributed by atoms with Crippen LogP contribution in [-0.4, -0.2) is 12.6 Å². The second-order valence-electron chi connectivity index (χ2n) is 5.45. The maximum Gasteiger partial charge on any atom is 0.0371 e. The topological polar surface area (TPSA) is 29.3 Å². The van der Waals surface area contributed by atoms with E-state index in [1.165, 1.54) is 16.8 Å². The van der Waals surface area contributed by atoms with Crippen LogP contribution < -0.4 is 10.6 Å². The lowest BCUT2D eigenvalue weighted by molar-refractivity contribution is 0.571. The van der Waals surface area contributed by atoms with Crippen LogP contribution in [0.5, 0.6) is 0 Å². The number of benzene rings is 1. The van der Waals surface area contributed by atoms with Crippen LogP contribution in [0, 0.1) is 12.8 Å². The van der Waals surface area contributed by atoms with Crippen molar-refractivity contribution in [3.05, 3.63) is 29.3 Å². The van der Waals surface area contributed by atoms with Crippen LogP contribution in [0.15, 0.2) is 18.2 Å². The van der Waals surface area contributed by atoms with Crippen LogP contribution in [0.3, 0.4) is 0 Å². The van der Waals surface area contributed by atoms with Crippen molar-refractivity contribution in [3.63, 3.8) is 0 Å². The predicted molar refractivity (Wildman–Crippen MR) is 76.4 cm³/mol. The Morgan fingerprint density at radius 2 is 1.82 bits per heavy atom. The molecule has 0 spiro atoms. The number of hydrogen-bond donors (Lipinski definition) is 1. The molecule has 0 saturated heterocycles. The van der Waals surface area contributed by atoms with E-state index < -0.39 is 0 Å². The zero-order valence-corrected chi connectivity index (χ0v) is 11.8. The predicted octanol–water partition coefficient (Wildman–Crippen LogP) is 3.32. The average molecular weight is 234 g/mol. The quantitative estimate of drug-likeness (QED) is 0.846. The average Bonchev–Trinajstić information content (AvgIpc) is 2.25. The molecule has 1 aromatic carbocycles. The SMILES string of the molecule is Cc1cc(N(CC(C)C)C(C)C)ccc1CN. The summed E-state index contributed by atoms with van der Waals surface area (Å²) in [6, 6.07) is 7.13. The van der Waals surface area contributed by atoms with Gasteiger partial charge in [-0.1, -0.05) is 19.9 Å². The van der Waals surface area contributed by atoms with E-state index in [1.807, 2.05) is 0 Å². The molecule has 0 saturated carbocycles. The van der Waals surface area contributed by atoms with Gasteiger partial charge in [-0.05, 0) is 49.9 Å². The maximum atomic E-state index is 5.70. The molecule has 96 valence electrons. The van der Waals surface area contributed by atoms with Gasteiger partial charge in [-0.25, -0.2) is 0 Å². The Balaban J connectivity index is 2.98. The largest absolute Gasteiger partial charge is 0.369 e. The molecule has 2 N–H and O–H groups in total. The molecule has 2 heteroatoms. The van der Waals surface area contributed by atoms with Crippen LogP contribution in [-0.2, 0) is 6.54 Å². The molecule has 1 aromatic rings. The number of nitrogens with zero attached hydrogens (tertiary/aromatic N) is 1. The van der Waals surface area contributed by atoms with Gasteiger partial charge in [-0.2, -0.15) is 0 Å². The summed E-state index contributed by atoms with van der Waals surface area (Å²) in [7, 11) is 0. The molecule has 17 heavy (non-hydrogen) atoms. The van der Waals surface area contributed by atoms with Crippen LogP contribution in [0.2, 0.25) is 0 Å². The van der Waals surface area contributed by atoms with Crippen LogP contribution in [0.25, 0.3) is 0 Å². The van der Waals surface area contributed by atoms with E-state index in [0.29, 0.717) is 18.5 Å². The third-order valence-corrected chi connectivity index (χ3v) is 3.06. The van der Waals surface area contributed by atoms with Crippen LogP contribution in [0.1, 0.15) is 38.8 Å². The fraction of sp³-hybridized carbons (Fsp3) is 0.600. The van der Waals surface area contributed by atoms with Gasteiger partial charge < -0.3 is 10.6 Å². The molecule has 0 fully saturated rings. The fourth-order valence-electron chi connectivity index (χ4n) is 2.10. The monoisotopic (exact) mass is 234 g/mol. The van der Waals surface area contributed by atoms with Crippen molar-refractivity contribution >= 4 is 5.69 Å². The summed E-state index contributed by atoms with van der Waals surface area (Å²) in [5.41, 5.74) is 9.54. The highest BCUT2D eigenvalue weighted by Gasteiger charge is 2.12. The van der Waals surface area contributed by atoms with E-state index in [2.05, 4.69) is 57.7 Å². The minimum atomic E-state index is 0.528. The number of anilines is 1. The van der Waals surface area contributed by atoms with Crippen molar-refractivity contribution in [2.75, 3.05) is 11.4 Å². The molecule has 0 aliphatic rings. The Morgan fingerprint density at radius 1 is 1.18 bits per heavy atom. The summed E-state index contributed by atoms with van der Waals surface area (Å²) in [6.45, 7) is 12.9. The van der Waals surface area contributed by atoms with E-state index in [1.54, 1.807) is 0 Å². The van der Waals surface area contributed by atoms with Crippen molar-refractivity contribution in [2.24, 2.45) is 11.7 Å². The highest BCUT2D eigenvalue weighted by Crippen LogP contribution is 2.22. The first-order valence-corrected chi connectivity index (χ1v) is 6.52.